The van der Waals surface area contributed by atoms with Crippen LogP contribution < -0.4 is 4.72 Å². The molecule has 0 aliphatic heterocycles. The normalized spacial score (nSPS) is 11.8. The molecule has 0 radical (unpaired) electrons. The maximum absolute atomic E-state index is 11.8. The van der Waals surface area contributed by atoms with Crippen LogP contribution in [0.5, 0.6) is 0 Å². The zero-order valence-corrected chi connectivity index (χ0v) is 10.2. The summed E-state index contributed by atoms with van der Waals surface area (Å²) in [6, 6.07) is 3.39. The predicted molar refractivity (Wildman–Crippen MR) is 61.7 cm³/mol. The Bertz CT molecular complexity index is 557. The lowest BCUT2D eigenvalue weighted by atomic mass is 10.5. The molecule has 2 N–H and O–H groups in total. The fourth-order valence-electron chi connectivity index (χ4n) is 1.19. The van der Waals surface area contributed by atoms with Gasteiger partial charge >= 0.3 is 0 Å². The van der Waals surface area contributed by atoms with Gasteiger partial charge in [0, 0.05) is 17.3 Å². The summed E-state index contributed by atoms with van der Waals surface area (Å²) in [7, 11) is -3.41. The van der Waals surface area contributed by atoms with Gasteiger partial charge < -0.3 is 4.98 Å². The second kappa shape index (κ2) is 4.36. The Kier molecular flexibility index (Phi) is 3.08. The SMILES string of the molecule is Cc1ccc(S(=O)(=O)NCc2ncc[nH]2)s1. The van der Waals surface area contributed by atoms with E-state index < -0.39 is 10.0 Å². The largest absolute Gasteiger partial charge is 0.347 e. The van der Waals surface area contributed by atoms with Gasteiger partial charge in [-0.15, -0.1) is 11.3 Å². The van der Waals surface area contributed by atoms with Crippen molar-refractivity contribution in [2.75, 3.05) is 0 Å². The molecule has 0 saturated heterocycles. The molecular formula is C9H11N3O2S2. The smallest absolute Gasteiger partial charge is 0.250 e. The fraction of sp³-hybridized carbons (Fsp3) is 0.222. The summed E-state index contributed by atoms with van der Waals surface area (Å²) >= 11 is 1.25. The van der Waals surface area contributed by atoms with Gasteiger partial charge in [-0.25, -0.2) is 18.1 Å². The van der Waals surface area contributed by atoms with E-state index in [-0.39, 0.29) is 6.54 Å². The highest BCUT2D eigenvalue weighted by Gasteiger charge is 2.15. The second-order valence-corrected chi connectivity index (χ2v) is 6.51. The number of aryl methyl sites for hydroxylation is 1. The number of hydrogen-bond acceptors (Lipinski definition) is 4. The van der Waals surface area contributed by atoms with Crippen molar-refractivity contribution >= 4 is 21.4 Å². The third-order valence-corrected chi connectivity index (χ3v) is 4.86. The summed E-state index contributed by atoms with van der Waals surface area (Å²) in [6.07, 6.45) is 3.23. The van der Waals surface area contributed by atoms with Crippen molar-refractivity contribution in [3.05, 3.63) is 35.2 Å². The second-order valence-electron chi connectivity index (χ2n) is 3.23. The number of aromatic amines is 1. The van der Waals surface area contributed by atoms with Gasteiger partial charge in [-0.2, -0.15) is 0 Å². The lowest BCUT2D eigenvalue weighted by Gasteiger charge is -2.01. The average molecular weight is 257 g/mol. The number of nitrogens with one attached hydrogen (secondary N) is 2. The zero-order valence-electron chi connectivity index (χ0n) is 8.60. The van der Waals surface area contributed by atoms with Gasteiger partial charge in [-0.1, -0.05) is 0 Å². The number of sulfonamides is 1. The Morgan fingerprint density at radius 2 is 2.31 bits per heavy atom. The third-order valence-electron chi connectivity index (χ3n) is 1.97. The molecule has 0 amide bonds. The first-order valence-corrected chi connectivity index (χ1v) is 6.92. The van der Waals surface area contributed by atoms with Crippen LogP contribution in [0.2, 0.25) is 0 Å². The molecule has 0 atom stereocenters. The van der Waals surface area contributed by atoms with Gasteiger partial charge in [0.1, 0.15) is 10.0 Å². The van der Waals surface area contributed by atoms with Crippen molar-refractivity contribution in [1.29, 1.82) is 0 Å². The summed E-state index contributed by atoms with van der Waals surface area (Å²) in [4.78, 5) is 7.74. The van der Waals surface area contributed by atoms with E-state index >= 15 is 0 Å². The molecule has 5 nitrogen and oxygen atoms in total. The lowest BCUT2D eigenvalue weighted by molar-refractivity contribution is 0.582. The van der Waals surface area contributed by atoms with E-state index in [9.17, 15) is 8.42 Å². The first-order chi connectivity index (χ1) is 7.58. The van der Waals surface area contributed by atoms with Crippen molar-refractivity contribution < 1.29 is 8.42 Å². The molecule has 7 heteroatoms. The number of H-pyrrole nitrogens is 1. The van der Waals surface area contributed by atoms with Gasteiger partial charge in [0.2, 0.25) is 10.0 Å². The first kappa shape index (κ1) is 11.3. The molecule has 0 aliphatic carbocycles. The maximum atomic E-state index is 11.8. The lowest BCUT2D eigenvalue weighted by Crippen LogP contribution is -2.22. The fourth-order valence-corrected chi connectivity index (χ4v) is 3.50. The highest BCUT2D eigenvalue weighted by molar-refractivity contribution is 7.91. The van der Waals surface area contributed by atoms with Crippen LogP contribution >= 0.6 is 11.3 Å². The molecule has 0 bridgehead atoms. The van der Waals surface area contributed by atoms with E-state index in [0.29, 0.717) is 10.0 Å². The summed E-state index contributed by atoms with van der Waals surface area (Å²) in [6.45, 7) is 2.04. The number of imidazole rings is 1. The van der Waals surface area contributed by atoms with Gasteiger partial charge in [0.05, 0.1) is 6.54 Å². The van der Waals surface area contributed by atoms with Crippen molar-refractivity contribution in [2.45, 2.75) is 17.7 Å². The molecule has 16 heavy (non-hydrogen) atoms. The topological polar surface area (TPSA) is 74.8 Å². The molecule has 0 saturated carbocycles. The van der Waals surface area contributed by atoms with E-state index in [1.165, 1.54) is 11.3 Å². The van der Waals surface area contributed by atoms with Crippen LogP contribution in [-0.2, 0) is 16.6 Å². The molecule has 2 aromatic heterocycles. The highest BCUT2D eigenvalue weighted by atomic mass is 32.2. The number of thiophene rings is 1. The van der Waals surface area contributed by atoms with Crippen LogP contribution in [0, 0.1) is 6.92 Å². The summed E-state index contributed by atoms with van der Waals surface area (Å²) in [5, 5.41) is 0. The molecule has 0 unspecified atom stereocenters. The average Bonchev–Trinajstić information content (AvgIpc) is 2.85. The Hall–Kier alpha value is -1.18. The van der Waals surface area contributed by atoms with Crippen LogP contribution in [-0.4, -0.2) is 18.4 Å². The van der Waals surface area contributed by atoms with E-state index in [1.54, 1.807) is 24.5 Å². The number of aromatic nitrogens is 2. The van der Waals surface area contributed by atoms with Crippen LogP contribution in [0.15, 0.2) is 28.7 Å². The Balaban J connectivity index is 2.09. The molecule has 86 valence electrons. The zero-order chi connectivity index (χ0) is 11.6. The molecule has 2 heterocycles. The molecule has 2 aromatic rings. The summed E-state index contributed by atoms with van der Waals surface area (Å²) in [5.74, 6) is 0.594. The quantitative estimate of drug-likeness (QED) is 0.865. The van der Waals surface area contributed by atoms with Gasteiger partial charge in [0.25, 0.3) is 0 Å². The number of hydrogen-bond donors (Lipinski definition) is 2. The van der Waals surface area contributed by atoms with E-state index in [0.717, 1.165) is 4.88 Å². The summed E-state index contributed by atoms with van der Waals surface area (Å²) < 4.78 is 26.4. The summed E-state index contributed by atoms with van der Waals surface area (Å²) in [5.41, 5.74) is 0. The maximum Gasteiger partial charge on any atom is 0.250 e. The van der Waals surface area contributed by atoms with Gasteiger partial charge in [-0.05, 0) is 19.1 Å². The molecule has 0 aliphatic rings. The molecule has 0 fully saturated rings. The minimum atomic E-state index is -3.41. The number of rotatable bonds is 4. The van der Waals surface area contributed by atoms with E-state index in [4.69, 9.17) is 0 Å². The predicted octanol–water partition coefficient (Wildman–Crippen LogP) is 1.26. The molecule has 0 spiro atoms. The van der Waals surface area contributed by atoms with Crippen molar-refractivity contribution in [2.24, 2.45) is 0 Å². The molecular weight excluding hydrogens is 246 g/mol. The standard InChI is InChI=1S/C9H11N3O2S2/c1-7-2-3-9(15-7)16(13,14)12-6-8-10-4-5-11-8/h2-5,12H,6H2,1H3,(H,10,11). The molecule has 2 rings (SSSR count). The van der Waals surface area contributed by atoms with Crippen molar-refractivity contribution in [3.8, 4) is 0 Å². The van der Waals surface area contributed by atoms with Crippen molar-refractivity contribution in [1.82, 2.24) is 14.7 Å². The Morgan fingerprint density at radius 3 is 2.88 bits per heavy atom. The monoisotopic (exact) mass is 257 g/mol. The highest BCUT2D eigenvalue weighted by Crippen LogP contribution is 2.20. The van der Waals surface area contributed by atoms with Crippen LogP contribution in [0.1, 0.15) is 10.7 Å². The van der Waals surface area contributed by atoms with Crippen molar-refractivity contribution in [3.63, 3.8) is 0 Å². The van der Waals surface area contributed by atoms with E-state index in [2.05, 4.69) is 14.7 Å². The first-order valence-electron chi connectivity index (χ1n) is 4.62. The minimum Gasteiger partial charge on any atom is -0.347 e. The van der Waals surface area contributed by atoms with Gasteiger partial charge in [-0.3, -0.25) is 0 Å². The molecule has 0 aromatic carbocycles. The Morgan fingerprint density at radius 1 is 1.50 bits per heavy atom. The Labute approximate surface area is 97.6 Å². The number of nitrogens with zero attached hydrogens (tertiary/aromatic N) is 1. The van der Waals surface area contributed by atoms with Crippen LogP contribution in [0.3, 0.4) is 0 Å². The minimum absolute atomic E-state index is 0.173. The van der Waals surface area contributed by atoms with Crippen LogP contribution in [0.25, 0.3) is 0 Å². The van der Waals surface area contributed by atoms with Gasteiger partial charge in [0.15, 0.2) is 0 Å². The van der Waals surface area contributed by atoms with E-state index in [1.807, 2.05) is 6.92 Å². The third kappa shape index (κ3) is 2.49. The van der Waals surface area contributed by atoms with Crippen LogP contribution in [0.4, 0.5) is 0 Å².